The van der Waals surface area contributed by atoms with Crippen LogP contribution in [0.25, 0.3) is 54.9 Å². The summed E-state index contributed by atoms with van der Waals surface area (Å²) < 4.78 is 0. The van der Waals surface area contributed by atoms with Gasteiger partial charge in [0.2, 0.25) is 0 Å². The summed E-state index contributed by atoms with van der Waals surface area (Å²) in [4.78, 5) is 2.40. The predicted molar refractivity (Wildman–Crippen MR) is 205 cm³/mol. The third kappa shape index (κ3) is 4.62. The van der Waals surface area contributed by atoms with Gasteiger partial charge in [-0.05, 0) is 115 Å². The fourth-order valence-electron chi connectivity index (χ4n) is 7.71. The predicted octanol–water partition coefficient (Wildman–Crippen LogP) is 13.1. The van der Waals surface area contributed by atoms with Gasteiger partial charge in [-0.1, -0.05) is 135 Å². The lowest BCUT2D eigenvalue weighted by molar-refractivity contribution is 0.661. The molecule has 1 aliphatic carbocycles. The smallest absolute Gasteiger partial charge is 0.0546 e. The third-order valence-corrected chi connectivity index (χ3v) is 10.2. The lowest BCUT2D eigenvalue weighted by Crippen LogP contribution is -2.14. The van der Waals surface area contributed by atoms with Crippen LogP contribution in [-0.4, -0.2) is 0 Å². The number of hydrogen-bond donors (Lipinski definition) is 0. The van der Waals surface area contributed by atoms with Gasteiger partial charge in [0, 0.05) is 22.2 Å². The van der Waals surface area contributed by atoms with Gasteiger partial charge in [0.15, 0.2) is 0 Å². The standard InChI is InChI=1S/C47H35N/c1-47(2)44-20-12-11-19-42(44)43-29-37-27-34(21-22-35(37)30-45(43)47)38-28-36-15-9-10-18-41(36)46(31-38)48(39-16-7-4-8-17-39)40-25-23-33(24-26-40)32-13-5-3-6-14-32/h3-31H,1-2H3. The molecule has 0 atom stereocenters. The molecule has 48 heavy (non-hydrogen) atoms. The van der Waals surface area contributed by atoms with Gasteiger partial charge in [-0.25, -0.2) is 0 Å². The van der Waals surface area contributed by atoms with Crippen LogP contribution in [-0.2, 0) is 5.41 Å². The van der Waals surface area contributed by atoms with Crippen LogP contribution in [0.1, 0.15) is 25.0 Å². The van der Waals surface area contributed by atoms with Crippen molar-refractivity contribution in [2.45, 2.75) is 19.3 Å². The Labute approximate surface area is 282 Å². The van der Waals surface area contributed by atoms with Crippen molar-refractivity contribution in [3.63, 3.8) is 0 Å². The minimum atomic E-state index is -0.00771. The maximum atomic E-state index is 2.41. The summed E-state index contributed by atoms with van der Waals surface area (Å²) >= 11 is 0. The second-order valence-corrected chi connectivity index (χ2v) is 13.4. The van der Waals surface area contributed by atoms with E-state index in [0.717, 1.165) is 17.1 Å². The molecule has 1 aliphatic rings. The van der Waals surface area contributed by atoms with Crippen LogP contribution in [0.2, 0.25) is 0 Å². The summed E-state index contributed by atoms with van der Waals surface area (Å²) in [7, 11) is 0. The fourth-order valence-corrected chi connectivity index (χ4v) is 7.71. The molecule has 0 spiro atoms. The van der Waals surface area contributed by atoms with Gasteiger partial charge >= 0.3 is 0 Å². The van der Waals surface area contributed by atoms with E-state index in [0.29, 0.717) is 0 Å². The highest BCUT2D eigenvalue weighted by Gasteiger charge is 2.35. The quantitative estimate of drug-likeness (QED) is 0.187. The molecule has 0 heterocycles. The Morgan fingerprint density at radius 2 is 1.00 bits per heavy atom. The minimum absolute atomic E-state index is 0.00771. The van der Waals surface area contributed by atoms with Gasteiger partial charge in [-0.15, -0.1) is 0 Å². The van der Waals surface area contributed by atoms with E-state index in [-0.39, 0.29) is 5.41 Å². The molecular formula is C47H35N. The molecule has 0 unspecified atom stereocenters. The number of benzene rings is 8. The van der Waals surface area contributed by atoms with Crippen molar-refractivity contribution in [2.24, 2.45) is 0 Å². The highest BCUT2D eigenvalue weighted by Crippen LogP contribution is 2.50. The van der Waals surface area contributed by atoms with Crippen LogP contribution >= 0.6 is 0 Å². The molecule has 0 fully saturated rings. The molecule has 228 valence electrons. The Morgan fingerprint density at radius 1 is 0.375 bits per heavy atom. The summed E-state index contributed by atoms with van der Waals surface area (Å²) in [5.41, 5.74) is 13.8. The van der Waals surface area contributed by atoms with Gasteiger partial charge in [0.25, 0.3) is 0 Å². The molecule has 1 nitrogen and oxygen atoms in total. The maximum absolute atomic E-state index is 2.41. The van der Waals surface area contributed by atoms with Crippen molar-refractivity contribution in [1.82, 2.24) is 0 Å². The zero-order valence-corrected chi connectivity index (χ0v) is 27.2. The van der Waals surface area contributed by atoms with Crippen molar-refractivity contribution in [3.8, 4) is 33.4 Å². The van der Waals surface area contributed by atoms with Crippen molar-refractivity contribution in [1.29, 1.82) is 0 Å². The monoisotopic (exact) mass is 613 g/mol. The molecular weight excluding hydrogens is 579 g/mol. The number of para-hydroxylation sites is 1. The van der Waals surface area contributed by atoms with Crippen LogP contribution in [0.5, 0.6) is 0 Å². The first-order chi connectivity index (χ1) is 23.5. The average Bonchev–Trinajstić information content (AvgIpc) is 3.36. The van der Waals surface area contributed by atoms with E-state index in [1.807, 2.05) is 0 Å². The number of rotatable bonds is 5. The molecule has 0 saturated heterocycles. The molecule has 9 rings (SSSR count). The summed E-state index contributed by atoms with van der Waals surface area (Å²) in [6, 6.07) is 64.4. The average molecular weight is 614 g/mol. The molecule has 8 aromatic rings. The Kier molecular flexibility index (Phi) is 6.55. The van der Waals surface area contributed by atoms with E-state index in [1.54, 1.807) is 0 Å². The van der Waals surface area contributed by atoms with Gasteiger partial charge in [0.05, 0.1) is 5.69 Å². The first kappa shape index (κ1) is 28.3. The lowest BCUT2D eigenvalue weighted by atomic mass is 9.82. The van der Waals surface area contributed by atoms with Crippen LogP contribution in [0.3, 0.4) is 0 Å². The van der Waals surface area contributed by atoms with Crippen LogP contribution in [0.4, 0.5) is 17.1 Å². The second kappa shape index (κ2) is 11.1. The molecule has 1 heteroatoms. The lowest BCUT2D eigenvalue weighted by Gasteiger charge is -2.28. The SMILES string of the molecule is CC1(C)c2ccccc2-c2cc3cc(-c4cc(N(c5ccccc5)c5ccc(-c6ccccc6)cc5)c5ccccc5c4)ccc3cc21. The van der Waals surface area contributed by atoms with Gasteiger partial charge in [0.1, 0.15) is 0 Å². The topological polar surface area (TPSA) is 3.24 Å². The summed E-state index contributed by atoms with van der Waals surface area (Å²) in [6.45, 7) is 4.70. The first-order valence-electron chi connectivity index (χ1n) is 16.8. The van der Waals surface area contributed by atoms with Gasteiger partial charge in [-0.2, -0.15) is 0 Å². The Balaban J connectivity index is 1.21. The van der Waals surface area contributed by atoms with Gasteiger partial charge in [-0.3, -0.25) is 0 Å². The number of fused-ring (bicyclic) bond motifs is 5. The molecule has 8 aromatic carbocycles. The van der Waals surface area contributed by atoms with E-state index in [2.05, 4.69) is 195 Å². The van der Waals surface area contributed by atoms with E-state index >= 15 is 0 Å². The zero-order chi connectivity index (χ0) is 32.2. The summed E-state index contributed by atoms with van der Waals surface area (Å²) in [5, 5.41) is 4.99. The Morgan fingerprint density at radius 3 is 1.81 bits per heavy atom. The van der Waals surface area contributed by atoms with Gasteiger partial charge < -0.3 is 4.90 Å². The highest BCUT2D eigenvalue weighted by atomic mass is 15.1. The summed E-state index contributed by atoms with van der Waals surface area (Å²) in [5.74, 6) is 0. The highest BCUT2D eigenvalue weighted by molar-refractivity contribution is 6.03. The normalized spacial score (nSPS) is 13.0. The molecule has 0 N–H and O–H groups in total. The molecule has 0 aliphatic heterocycles. The number of nitrogens with zero attached hydrogens (tertiary/aromatic N) is 1. The summed E-state index contributed by atoms with van der Waals surface area (Å²) in [6.07, 6.45) is 0. The molecule has 0 aromatic heterocycles. The van der Waals surface area contributed by atoms with E-state index in [1.165, 1.54) is 66.1 Å². The van der Waals surface area contributed by atoms with Crippen LogP contribution in [0, 0.1) is 0 Å². The fraction of sp³-hybridized carbons (Fsp3) is 0.0638. The maximum Gasteiger partial charge on any atom is 0.0546 e. The van der Waals surface area contributed by atoms with Crippen molar-refractivity contribution < 1.29 is 0 Å². The van der Waals surface area contributed by atoms with E-state index in [9.17, 15) is 0 Å². The van der Waals surface area contributed by atoms with Crippen molar-refractivity contribution >= 4 is 38.6 Å². The number of hydrogen-bond acceptors (Lipinski definition) is 1. The molecule has 0 amide bonds. The van der Waals surface area contributed by atoms with Crippen molar-refractivity contribution in [2.75, 3.05) is 4.90 Å². The van der Waals surface area contributed by atoms with E-state index in [4.69, 9.17) is 0 Å². The minimum Gasteiger partial charge on any atom is -0.310 e. The van der Waals surface area contributed by atoms with E-state index < -0.39 is 0 Å². The molecule has 0 bridgehead atoms. The van der Waals surface area contributed by atoms with Crippen LogP contribution < -0.4 is 4.90 Å². The first-order valence-corrected chi connectivity index (χ1v) is 16.8. The number of anilines is 3. The zero-order valence-electron chi connectivity index (χ0n) is 27.2. The molecule has 0 radical (unpaired) electrons. The van der Waals surface area contributed by atoms with Crippen molar-refractivity contribution in [3.05, 3.63) is 187 Å². The van der Waals surface area contributed by atoms with Crippen LogP contribution in [0.15, 0.2) is 176 Å². The Bertz CT molecular complexity index is 2460. The molecule has 0 saturated carbocycles. The second-order valence-electron chi connectivity index (χ2n) is 13.4. The third-order valence-electron chi connectivity index (χ3n) is 10.2. The Hall–Kier alpha value is -5.92. The largest absolute Gasteiger partial charge is 0.310 e.